The van der Waals surface area contributed by atoms with E-state index in [1.807, 2.05) is 38.6 Å². The number of guanidine groups is 1. The molecule has 0 saturated carbocycles. The van der Waals surface area contributed by atoms with Crippen LogP contribution < -0.4 is 10.6 Å². The van der Waals surface area contributed by atoms with Crippen molar-refractivity contribution in [2.75, 3.05) is 13.1 Å². The van der Waals surface area contributed by atoms with E-state index in [2.05, 4.69) is 30.9 Å². The van der Waals surface area contributed by atoms with E-state index in [0.29, 0.717) is 25.4 Å². The normalized spacial score (nSPS) is 11.5. The number of hydrogen-bond donors (Lipinski definition) is 2. The highest BCUT2D eigenvalue weighted by atomic mass is 127. The highest BCUT2D eigenvalue weighted by Gasteiger charge is 2.09. The van der Waals surface area contributed by atoms with E-state index in [4.69, 9.17) is 4.52 Å². The van der Waals surface area contributed by atoms with Crippen LogP contribution in [0.4, 0.5) is 0 Å². The van der Waals surface area contributed by atoms with Gasteiger partial charge in [0, 0.05) is 38.7 Å². The highest BCUT2D eigenvalue weighted by molar-refractivity contribution is 14.0. The molecular formula is C15H26IN7O. The lowest BCUT2D eigenvalue weighted by atomic mass is 10.2. The molecule has 0 amide bonds. The van der Waals surface area contributed by atoms with Crippen molar-refractivity contribution >= 4 is 29.9 Å². The minimum absolute atomic E-state index is 0. The molecular weight excluding hydrogens is 421 g/mol. The summed E-state index contributed by atoms with van der Waals surface area (Å²) in [4.78, 5) is 8.91. The Hall–Kier alpha value is -1.65. The maximum absolute atomic E-state index is 5.23. The zero-order valence-corrected chi connectivity index (χ0v) is 16.9. The van der Waals surface area contributed by atoms with Gasteiger partial charge in [-0.05, 0) is 13.0 Å². The molecule has 2 rings (SSSR count). The van der Waals surface area contributed by atoms with Crippen molar-refractivity contribution in [3.05, 3.63) is 29.7 Å². The minimum atomic E-state index is 0. The number of aromatic nitrogens is 4. The maximum Gasteiger partial charge on any atom is 0.228 e. The van der Waals surface area contributed by atoms with Crippen molar-refractivity contribution < 1.29 is 4.52 Å². The number of hydrogen-bond acceptors (Lipinski definition) is 5. The van der Waals surface area contributed by atoms with E-state index >= 15 is 0 Å². The van der Waals surface area contributed by atoms with Gasteiger partial charge in [0.15, 0.2) is 11.8 Å². The highest BCUT2D eigenvalue weighted by Crippen LogP contribution is 2.09. The van der Waals surface area contributed by atoms with E-state index in [1.165, 1.54) is 0 Å². The summed E-state index contributed by atoms with van der Waals surface area (Å²) >= 11 is 0. The van der Waals surface area contributed by atoms with Gasteiger partial charge in [0.25, 0.3) is 0 Å². The molecule has 0 unspecified atom stereocenters. The second kappa shape index (κ2) is 10.3. The number of halogens is 1. The third-order valence-electron chi connectivity index (χ3n) is 3.30. The Morgan fingerprint density at radius 1 is 1.38 bits per heavy atom. The molecule has 0 radical (unpaired) electrons. The van der Waals surface area contributed by atoms with Crippen molar-refractivity contribution in [1.82, 2.24) is 30.6 Å². The van der Waals surface area contributed by atoms with E-state index in [1.54, 1.807) is 6.20 Å². The first kappa shape index (κ1) is 20.4. The second-order valence-corrected chi connectivity index (χ2v) is 5.52. The van der Waals surface area contributed by atoms with Crippen molar-refractivity contribution in [2.45, 2.75) is 39.7 Å². The topological polar surface area (TPSA) is 93.2 Å². The largest absolute Gasteiger partial charge is 0.357 e. The van der Waals surface area contributed by atoms with Crippen LogP contribution in [0.1, 0.15) is 44.1 Å². The van der Waals surface area contributed by atoms with Crippen LogP contribution in [0.5, 0.6) is 0 Å². The lowest BCUT2D eigenvalue weighted by Crippen LogP contribution is -2.38. The van der Waals surface area contributed by atoms with Gasteiger partial charge >= 0.3 is 0 Å². The first-order chi connectivity index (χ1) is 11.1. The molecule has 2 aromatic heterocycles. The average molecular weight is 447 g/mol. The van der Waals surface area contributed by atoms with Crippen LogP contribution >= 0.6 is 24.0 Å². The monoisotopic (exact) mass is 447 g/mol. The Kier molecular flexibility index (Phi) is 8.72. The summed E-state index contributed by atoms with van der Waals surface area (Å²) in [6.07, 6.45) is 2.43. The minimum Gasteiger partial charge on any atom is -0.357 e. The second-order valence-electron chi connectivity index (χ2n) is 5.52. The number of nitrogens with one attached hydrogen (secondary N) is 2. The first-order valence-electron chi connectivity index (χ1n) is 7.91. The summed E-state index contributed by atoms with van der Waals surface area (Å²) in [6, 6.07) is 1.96. The maximum atomic E-state index is 5.23. The van der Waals surface area contributed by atoms with Gasteiger partial charge in [0.2, 0.25) is 5.89 Å². The molecule has 0 bridgehead atoms. The average Bonchev–Trinajstić information content (AvgIpc) is 3.14. The fraction of sp³-hybridized carbons (Fsp3) is 0.600. The van der Waals surface area contributed by atoms with Gasteiger partial charge in [0.05, 0.1) is 12.2 Å². The number of nitrogens with zero attached hydrogens (tertiary/aromatic N) is 5. The molecule has 2 aromatic rings. The van der Waals surface area contributed by atoms with E-state index < -0.39 is 0 Å². The third-order valence-corrected chi connectivity index (χ3v) is 3.30. The van der Waals surface area contributed by atoms with Crippen LogP contribution in [-0.4, -0.2) is 39.0 Å². The Bertz CT molecular complexity index is 635. The van der Waals surface area contributed by atoms with Gasteiger partial charge in [-0.15, -0.1) is 24.0 Å². The fourth-order valence-electron chi connectivity index (χ4n) is 1.95. The van der Waals surface area contributed by atoms with Crippen molar-refractivity contribution in [3.63, 3.8) is 0 Å². The van der Waals surface area contributed by atoms with Gasteiger partial charge in [-0.1, -0.05) is 19.0 Å². The molecule has 0 aliphatic rings. The van der Waals surface area contributed by atoms with Crippen LogP contribution in [0.3, 0.4) is 0 Å². The molecule has 0 spiro atoms. The zero-order valence-electron chi connectivity index (χ0n) is 14.6. The molecule has 9 heteroatoms. The summed E-state index contributed by atoms with van der Waals surface area (Å²) in [5.41, 5.74) is 1.06. The van der Waals surface area contributed by atoms with Crippen LogP contribution in [-0.2, 0) is 20.0 Å². The van der Waals surface area contributed by atoms with E-state index in [9.17, 15) is 0 Å². The Morgan fingerprint density at radius 3 is 2.75 bits per heavy atom. The Morgan fingerprint density at radius 2 is 2.17 bits per heavy atom. The summed E-state index contributed by atoms with van der Waals surface area (Å²) < 4.78 is 7.05. The molecule has 2 N–H and O–H groups in total. The predicted molar refractivity (Wildman–Crippen MR) is 104 cm³/mol. The quantitative estimate of drug-likeness (QED) is 0.382. The van der Waals surface area contributed by atoms with Gasteiger partial charge in [-0.25, -0.2) is 4.99 Å². The lowest BCUT2D eigenvalue weighted by Gasteiger charge is -2.10. The lowest BCUT2D eigenvalue weighted by molar-refractivity contribution is 0.371. The van der Waals surface area contributed by atoms with Gasteiger partial charge in [-0.2, -0.15) is 10.1 Å². The summed E-state index contributed by atoms with van der Waals surface area (Å²) in [5, 5.41) is 14.6. The van der Waals surface area contributed by atoms with Crippen LogP contribution in [0.2, 0.25) is 0 Å². The molecule has 24 heavy (non-hydrogen) atoms. The summed E-state index contributed by atoms with van der Waals surface area (Å²) in [7, 11) is 1.91. The molecule has 0 fully saturated rings. The molecule has 8 nitrogen and oxygen atoms in total. The SMILES string of the molecule is CCNC(=NCc1ccnn1C)NCCc1nc(C(C)C)no1.I. The van der Waals surface area contributed by atoms with Crippen LogP contribution in [0, 0.1) is 0 Å². The smallest absolute Gasteiger partial charge is 0.228 e. The predicted octanol–water partition coefficient (Wildman–Crippen LogP) is 1.84. The summed E-state index contributed by atoms with van der Waals surface area (Å²) in [5.74, 6) is 2.43. The zero-order chi connectivity index (χ0) is 16.7. The number of rotatable bonds is 7. The molecule has 0 atom stereocenters. The van der Waals surface area contributed by atoms with Crippen molar-refractivity contribution in [2.24, 2.45) is 12.0 Å². The van der Waals surface area contributed by atoms with Crippen molar-refractivity contribution in [3.8, 4) is 0 Å². The molecule has 0 saturated heterocycles. The Labute approximate surface area is 159 Å². The van der Waals surface area contributed by atoms with Crippen LogP contribution in [0.25, 0.3) is 0 Å². The fourth-order valence-corrected chi connectivity index (χ4v) is 1.95. The molecule has 134 valence electrons. The standard InChI is InChI=1S/C15H25N7O.HI/c1-5-16-15(18-10-12-6-9-19-22(12)4)17-8-7-13-20-14(11(2)3)21-23-13;/h6,9,11H,5,7-8,10H2,1-4H3,(H2,16,17,18);1H. The van der Waals surface area contributed by atoms with E-state index in [0.717, 1.165) is 24.0 Å². The number of aryl methyl sites for hydroxylation is 1. The first-order valence-corrected chi connectivity index (χ1v) is 7.91. The number of aliphatic imine (C=N–C) groups is 1. The third kappa shape index (κ3) is 6.10. The molecule has 0 aromatic carbocycles. The van der Waals surface area contributed by atoms with Gasteiger partial charge in [0.1, 0.15) is 0 Å². The molecule has 2 heterocycles. The Balaban J connectivity index is 0.00000288. The van der Waals surface area contributed by atoms with Gasteiger partial charge < -0.3 is 15.2 Å². The molecule has 0 aliphatic carbocycles. The molecule has 0 aliphatic heterocycles. The van der Waals surface area contributed by atoms with Crippen molar-refractivity contribution in [1.29, 1.82) is 0 Å². The van der Waals surface area contributed by atoms with Gasteiger partial charge in [-0.3, -0.25) is 4.68 Å². The summed E-state index contributed by atoms with van der Waals surface area (Å²) in [6.45, 7) is 8.17. The van der Waals surface area contributed by atoms with Crippen LogP contribution in [0.15, 0.2) is 21.8 Å². The van der Waals surface area contributed by atoms with E-state index in [-0.39, 0.29) is 29.9 Å².